The average molecular weight is 335 g/mol. The van der Waals surface area contributed by atoms with E-state index in [1.54, 1.807) is 22.6 Å². The zero-order valence-electron chi connectivity index (χ0n) is 13.0. The third-order valence-corrected chi connectivity index (χ3v) is 4.99. The maximum absolute atomic E-state index is 12.1. The van der Waals surface area contributed by atoms with Crippen LogP contribution in [0.25, 0.3) is 0 Å². The summed E-state index contributed by atoms with van der Waals surface area (Å²) >= 11 is 1.77. The van der Waals surface area contributed by atoms with Crippen LogP contribution in [-0.2, 0) is 16.6 Å². The zero-order valence-corrected chi connectivity index (χ0v) is 14.6. The molecule has 0 aliphatic carbocycles. The largest absolute Gasteiger partial charge is 0.313 e. The summed E-state index contributed by atoms with van der Waals surface area (Å²) in [5.41, 5.74) is 0. The smallest absolute Gasteiger partial charge is 0.243 e. The Morgan fingerprint density at radius 1 is 1.33 bits per heavy atom. The van der Waals surface area contributed by atoms with E-state index < -0.39 is 10.0 Å². The van der Waals surface area contributed by atoms with Crippen molar-refractivity contribution in [2.24, 2.45) is 0 Å². The number of unbranched alkanes of at least 4 members (excludes halogenated alkanes) is 1. The number of nitrogens with one attached hydrogen (secondary N) is 2. The Morgan fingerprint density at radius 3 is 2.76 bits per heavy atom. The molecule has 0 spiro atoms. The van der Waals surface area contributed by atoms with Gasteiger partial charge < -0.3 is 5.32 Å². The van der Waals surface area contributed by atoms with Crippen molar-refractivity contribution in [1.82, 2.24) is 19.8 Å². The molecule has 0 saturated carbocycles. The normalized spacial score (nSPS) is 12.2. The Balaban J connectivity index is 2.42. The molecule has 21 heavy (non-hydrogen) atoms. The molecule has 1 aromatic heterocycles. The number of aromatic nitrogens is 2. The predicted molar refractivity (Wildman–Crippen MR) is 88.2 cm³/mol. The van der Waals surface area contributed by atoms with Crippen molar-refractivity contribution in [3.63, 3.8) is 0 Å². The van der Waals surface area contributed by atoms with E-state index in [2.05, 4.69) is 29.0 Å². The van der Waals surface area contributed by atoms with Crippen molar-refractivity contribution in [3.8, 4) is 0 Å². The number of nitrogens with zero attached hydrogens (tertiary/aromatic N) is 2. The molecule has 122 valence electrons. The molecule has 0 aliphatic heterocycles. The maximum atomic E-state index is 12.1. The van der Waals surface area contributed by atoms with Gasteiger partial charge in [0.1, 0.15) is 4.90 Å². The molecule has 1 rings (SSSR count). The first-order valence-corrected chi connectivity index (χ1v) is 10.1. The molecule has 0 saturated heterocycles. The molecule has 0 aromatic carbocycles. The highest BCUT2D eigenvalue weighted by atomic mass is 32.2. The van der Waals surface area contributed by atoms with Gasteiger partial charge in [0.2, 0.25) is 10.0 Å². The van der Waals surface area contributed by atoms with Gasteiger partial charge in [-0.25, -0.2) is 13.1 Å². The molecule has 1 heterocycles. The second-order valence-corrected chi connectivity index (χ2v) is 7.90. The first kappa shape index (κ1) is 18.5. The van der Waals surface area contributed by atoms with Gasteiger partial charge in [-0.15, -0.1) is 0 Å². The van der Waals surface area contributed by atoms with E-state index in [1.807, 2.05) is 6.26 Å². The predicted octanol–water partition coefficient (Wildman–Crippen LogP) is 1.30. The van der Waals surface area contributed by atoms with Crippen LogP contribution in [0.3, 0.4) is 0 Å². The van der Waals surface area contributed by atoms with Crippen LogP contribution >= 0.6 is 11.8 Å². The highest BCUT2D eigenvalue weighted by Gasteiger charge is 2.15. The monoisotopic (exact) mass is 334 g/mol. The lowest BCUT2D eigenvalue weighted by atomic mass is 10.3. The van der Waals surface area contributed by atoms with E-state index in [0.29, 0.717) is 19.1 Å². The summed E-state index contributed by atoms with van der Waals surface area (Å²) < 4.78 is 28.4. The van der Waals surface area contributed by atoms with Gasteiger partial charge in [0.15, 0.2) is 0 Å². The van der Waals surface area contributed by atoms with Crippen molar-refractivity contribution in [2.45, 2.75) is 44.2 Å². The lowest BCUT2D eigenvalue weighted by Gasteiger charge is -2.07. The Bertz CT molecular complexity index is 500. The van der Waals surface area contributed by atoms with Gasteiger partial charge in [0.05, 0.1) is 12.7 Å². The number of sulfonamides is 1. The minimum atomic E-state index is -3.43. The molecule has 0 amide bonds. The van der Waals surface area contributed by atoms with Crippen LogP contribution in [0.1, 0.15) is 26.7 Å². The fourth-order valence-electron chi connectivity index (χ4n) is 1.73. The molecule has 0 fully saturated rings. The van der Waals surface area contributed by atoms with Gasteiger partial charge in [0.25, 0.3) is 0 Å². The molecule has 0 unspecified atom stereocenters. The fraction of sp³-hybridized carbons (Fsp3) is 0.769. The van der Waals surface area contributed by atoms with E-state index in [0.717, 1.165) is 25.1 Å². The SMILES string of the molecule is CSCCCCNS(=O)(=O)c1cnn(CCNC(C)C)c1. The van der Waals surface area contributed by atoms with Crippen molar-refractivity contribution in [3.05, 3.63) is 12.4 Å². The van der Waals surface area contributed by atoms with Crippen molar-refractivity contribution < 1.29 is 8.42 Å². The first-order chi connectivity index (χ1) is 9.95. The summed E-state index contributed by atoms with van der Waals surface area (Å²) in [6.45, 7) is 6.03. The molecular weight excluding hydrogens is 308 g/mol. The average Bonchev–Trinajstić information content (AvgIpc) is 2.87. The van der Waals surface area contributed by atoms with E-state index >= 15 is 0 Å². The summed E-state index contributed by atoms with van der Waals surface area (Å²) in [7, 11) is -3.43. The summed E-state index contributed by atoms with van der Waals surface area (Å²) in [6, 6.07) is 0.409. The molecule has 1 aromatic rings. The first-order valence-electron chi connectivity index (χ1n) is 7.20. The van der Waals surface area contributed by atoms with Gasteiger partial charge in [-0.3, -0.25) is 4.68 Å². The van der Waals surface area contributed by atoms with E-state index in [-0.39, 0.29) is 4.90 Å². The number of rotatable bonds is 11. The van der Waals surface area contributed by atoms with Crippen molar-refractivity contribution in [1.29, 1.82) is 0 Å². The van der Waals surface area contributed by atoms with Gasteiger partial charge in [-0.1, -0.05) is 13.8 Å². The summed E-state index contributed by atoms with van der Waals surface area (Å²) in [5, 5.41) is 7.36. The lowest BCUT2D eigenvalue weighted by molar-refractivity contribution is 0.514. The molecule has 8 heteroatoms. The zero-order chi connectivity index (χ0) is 15.7. The minimum absolute atomic E-state index is 0.233. The Labute approximate surface area is 132 Å². The number of thioether (sulfide) groups is 1. The summed E-state index contributed by atoms with van der Waals surface area (Å²) in [6.07, 6.45) is 6.90. The summed E-state index contributed by atoms with van der Waals surface area (Å²) in [5.74, 6) is 1.06. The Kier molecular flexibility index (Phi) is 8.31. The third kappa shape index (κ3) is 7.30. The van der Waals surface area contributed by atoms with Gasteiger partial charge in [-0.05, 0) is 24.9 Å². The van der Waals surface area contributed by atoms with E-state index in [9.17, 15) is 8.42 Å². The number of hydrogen-bond acceptors (Lipinski definition) is 5. The standard InChI is InChI=1S/C13H26N4O2S2/c1-12(2)14-7-8-17-11-13(10-15-17)21(18,19)16-6-4-5-9-20-3/h10-12,14,16H,4-9H2,1-3H3. The fourth-order valence-corrected chi connectivity index (χ4v) is 3.25. The van der Waals surface area contributed by atoms with Crippen LogP contribution in [0.15, 0.2) is 17.3 Å². The van der Waals surface area contributed by atoms with Crippen LogP contribution < -0.4 is 10.0 Å². The Morgan fingerprint density at radius 2 is 2.10 bits per heavy atom. The van der Waals surface area contributed by atoms with Crippen LogP contribution in [0.2, 0.25) is 0 Å². The molecule has 0 atom stereocenters. The Hall–Kier alpha value is -0.570. The molecule has 6 nitrogen and oxygen atoms in total. The van der Waals surface area contributed by atoms with Crippen LogP contribution in [0.4, 0.5) is 0 Å². The van der Waals surface area contributed by atoms with Crippen LogP contribution in [0, 0.1) is 0 Å². The maximum Gasteiger partial charge on any atom is 0.243 e. The topological polar surface area (TPSA) is 76.0 Å². The molecule has 2 N–H and O–H groups in total. The number of hydrogen-bond donors (Lipinski definition) is 2. The molecular formula is C13H26N4O2S2. The van der Waals surface area contributed by atoms with Crippen molar-refractivity contribution in [2.75, 3.05) is 25.1 Å². The molecule has 0 radical (unpaired) electrons. The van der Waals surface area contributed by atoms with E-state index in [4.69, 9.17) is 0 Å². The second-order valence-electron chi connectivity index (χ2n) is 5.15. The third-order valence-electron chi connectivity index (χ3n) is 2.88. The van der Waals surface area contributed by atoms with Crippen molar-refractivity contribution >= 4 is 21.8 Å². The van der Waals surface area contributed by atoms with E-state index in [1.165, 1.54) is 6.20 Å². The van der Waals surface area contributed by atoms with Crippen LogP contribution in [0.5, 0.6) is 0 Å². The van der Waals surface area contributed by atoms with Gasteiger partial charge in [-0.2, -0.15) is 16.9 Å². The minimum Gasteiger partial charge on any atom is -0.313 e. The van der Waals surface area contributed by atoms with Gasteiger partial charge in [0, 0.05) is 25.3 Å². The summed E-state index contributed by atoms with van der Waals surface area (Å²) in [4.78, 5) is 0.233. The highest BCUT2D eigenvalue weighted by Crippen LogP contribution is 2.07. The lowest BCUT2D eigenvalue weighted by Crippen LogP contribution is -2.27. The quantitative estimate of drug-likeness (QED) is 0.597. The molecule has 0 bridgehead atoms. The van der Waals surface area contributed by atoms with Crippen LogP contribution in [-0.4, -0.2) is 49.3 Å². The second kappa shape index (κ2) is 9.45. The van der Waals surface area contributed by atoms with Gasteiger partial charge >= 0.3 is 0 Å². The highest BCUT2D eigenvalue weighted by molar-refractivity contribution is 7.98. The molecule has 0 aliphatic rings.